The monoisotopic (exact) mass is 410 g/mol. The molecule has 21 heavy (non-hydrogen) atoms. The highest BCUT2D eigenvalue weighted by atomic mass is 127. The molecule has 0 saturated carbocycles. The highest BCUT2D eigenvalue weighted by Crippen LogP contribution is 2.21. The quantitative estimate of drug-likeness (QED) is 0.647. The number of rotatable bonds is 3. The van der Waals surface area contributed by atoms with Crippen LogP contribution in [0, 0.1) is 9.81 Å². The van der Waals surface area contributed by atoms with Gasteiger partial charge in [-0.15, -0.1) is 11.3 Å². The Bertz CT molecular complexity index is 796. The Balaban J connectivity index is 1.82. The van der Waals surface area contributed by atoms with Gasteiger partial charge in [-0.05, 0) is 47.7 Å². The number of nitrogens with zero attached hydrogens (tertiary/aromatic N) is 2. The van der Waals surface area contributed by atoms with Crippen molar-refractivity contribution in [3.63, 3.8) is 0 Å². The van der Waals surface area contributed by atoms with E-state index in [2.05, 4.69) is 43.1 Å². The first-order valence-electron chi connectivity index (χ1n) is 6.16. The zero-order valence-electron chi connectivity index (χ0n) is 11.1. The number of thiophene rings is 1. The second-order valence-corrected chi connectivity index (χ2v) is 7.22. The van der Waals surface area contributed by atoms with E-state index in [1.165, 1.54) is 0 Å². The summed E-state index contributed by atoms with van der Waals surface area (Å²) in [6, 6.07) is 9.35. The highest BCUT2D eigenvalue weighted by Gasteiger charge is 2.10. The lowest BCUT2D eigenvalue weighted by Gasteiger charge is -2.05. The topological polar surface area (TPSA) is 70.7 Å². The molecule has 0 atom stereocenters. The molecule has 1 aromatic carbocycles. The summed E-state index contributed by atoms with van der Waals surface area (Å²) >= 11 is 3.75. The number of halogens is 1. The van der Waals surface area contributed by atoms with Gasteiger partial charge in [0.1, 0.15) is 5.82 Å². The standard InChI is InChI=1S/C14H11IN4OS/c1-8-16-13(19-18-8)9-3-2-4-11(5-9)17-14(20)10-6-12(15)21-7-10/h2-7H,1H3,(H,17,20)(H,16,18,19). The molecule has 2 heterocycles. The smallest absolute Gasteiger partial charge is 0.256 e. The summed E-state index contributed by atoms with van der Waals surface area (Å²) in [7, 11) is 0. The number of benzene rings is 1. The highest BCUT2D eigenvalue weighted by molar-refractivity contribution is 14.1. The first-order valence-corrected chi connectivity index (χ1v) is 8.12. The number of amides is 1. The van der Waals surface area contributed by atoms with E-state index in [0.29, 0.717) is 11.4 Å². The molecule has 106 valence electrons. The number of H-pyrrole nitrogens is 1. The van der Waals surface area contributed by atoms with E-state index in [1.54, 1.807) is 11.3 Å². The first kappa shape index (κ1) is 14.2. The lowest BCUT2D eigenvalue weighted by atomic mass is 10.2. The van der Waals surface area contributed by atoms with Crippen LogP contribution in [0.3, 0.4) is 0 Å². The number of nitrogens with one attached hydrogen (secondary N) is 2. The number of aryl methyl sites for hydroxylation is 1. The Morgan fingerprint density at radius 1 is 1.38 bits per heavy atom. The van der Waals surface area contributed by atoms with Gasteiger partial charge >= 0.3 is 0 Å². The fourth-order valence-corrected chi connectivity index (χ4v) is 3.17. The first-order chi connectivity index (χ1) is 10.1. The summed E-state index contributed by atoms with van der Waals surface area (Å²) in [5, 5.41) is 11.7. The van der Waals surface area contributed by atoms with Crippen LogP contribution in [-0.2, 0) is 0 Å². The molecule has 3 aromatic rings. The van der Waals surface area contributed by atoms with E-state index in [1.807, 2.05) is 42.6 Å². The number of carbonyl (C=O) groups is 1. The Morgan fingerprint density at radius 3 is 2.90 bits per heavy atom. The van der Waals surface area contributed by atoms with E-state index in [-0.39, 0.29) is 5.91 Å². The maximum atomic E-state index is 12.1. The predicted molar refractivity (Wildman–Crippen MR) is 91.5 cm³/mol. The fraction of sp³-hybridized carbons (Fsp3) is 0.0714. The van der Waals surface area contributed by atoms with E-state index in [0.717, 1.165) is 20.0 Å². The average Bonchev–Trinajstić information content (AvgIpc) is 3.08. The van der Waals surface area contributed by atoms with Gasteiger partial charge in [-0.2, -0.15) is 5.10 Å². The molecule has 0 saturated heterocycles. The number of hydrogen-bond donors (Lipinski definition) is 2. The molecule has 2 aromatic heterocycles. The predicted octanol–water partition coefficient (Wildman–Crippen LogP) is 3.70. The van der Waals surface area contributed by atoms with Crippen molar-refractivity contribution in [3.8, 4) is 11.4 Å². The van der Waals surface area contributed by atoms with Gasteiger partial charge in [0.05, 0.1) is 8.45 Å². The molecule has 0 spiro atoms. The van der Waals surface area contributed by atoms with Crippen molar-refractivity contribution in [1.29, 1.82) is 0 Å². The summed E-state index contributed by atoms with van der Waals surface area (Å²) < 4.78 is 1.09. The molecular formula is C14H11IN4OS. The number of aromatic amines is 1. The van der Waals surface area contributed by atoms with Gasteiger partial charge in [-0.1, -0.05) is 12.1 Å². The van der Waals surface area contributed by atoms with Gasteiger partial charge in [-0.25, -0.2) is 4.98 Å². The molecule has 3 rings (SSSR count). The second-order valence-electron chi connectivity index (χ2n) is 4.42. The molecule has 0 radical (unpaired) electrons. The van der Waals surface area contributed by atoms with Crippen molar-refractivity contribution in [2.24, 2.45) is 0 Å². The van der Waals surface area contributed by atoms with Crippen LogP contribution in [0.5, 0.6) is 0 Å². The third-order valence-electron chi connectivity index (χ3n) is 2.81. The lowest BCUT2D eigenvalue weighted by molar-refractivity contribution is 0.102. The van der Waals surface area contributed by atoms with Crippen LogP contribution in [0.25, 0.3) is 11.4 Å². The van der Waals surface area contributed by atoms with Crippen molar-refractivity contribution in [1.82, 2.24) is 15.2 Å². The maximum Gasteiger partial charge on any atom is 0.256 e. The number of hydrogen-bond acceptors (Lipinski definition) is 4. The van der Waals surface area contributed by atoms with Gasteiger partial charge < -0.3 is 5.32 Å². The Labute approximate surface area is 139 Å². The summed E-state index contributed by atoms with van der Waals surface area (Å²) in [4.78, 5) is 16.4. The van der Waals surface area contributed by atoms with Crippen molar-refractivity contribution in [2.45, 2.75) is 6.92 Å². The van der Waals surface area contributed by atoms with Gasteiger partial charge in [0, 0.05) is 16.6 Å². The van der Waals surface area contributed by atoms with Gasteiger partial charge in [0.25, 0.3) is 5.91 Å². The van der Waals surface area contributed by atoms with Crippen LogP contribution in [0.1, 0.15) is 16.2 Å². The Morgan fingerprint density at radius 2 is 2.24 bits per heavy atom. The molecule has 0 aliphatic rings. The van der Waals surface area contributed by atoms with E-state index in [9.17, 15) is 4.79 Å². The fourth-order valence-electron chi connectivity index (χ4n) is 1.84. The Hall–Kier alpha value is -1.74. The van der Waals surface area contributed by atoms with Crippen molar-refractivity contribution in [2.75, 3.05) is 5.32 Å². The van der Waals surface area contributed by atoms with Gasteiger partial charge in [-0.3, -0.25) is 9.89 Å². The zero-order valence-corrected chi connectivity index (χ0v) is 14.0. The summed E-state index contributed by atoms with van der Waals surface area (Å²) in [5.41, 5.74) is 2.25. The third kappa shape index (κ3) is 3.30. The van der Waals surface area contributed by atoms with Gasteiger partial charge in [0.15, 0.2) is 5.82 Å². The lowest BCUT2D eigenvalue weighted by Crippen LogP contribution is -2.10. The minimum Gasteiger partial charge on any atom is -0.322 e. The van der Waals surface area contributed by atoms with Crippen LogP contribution in [0.2, 0.25) is 0 Å². The third-order valence-corrected chi connectivity index (χ3v) is 4.59. The molecule has 5 nitrogen and oxygen atoms in total. The zero-order chi connectivity index (χ0) is 14.8. The second kappa shape index (κ2) is 5.94. The van der Waals surface area contributed by atoms with E-state index in [4.69, 9.17) is 0 Å². The molecule has 0 fully saturated rings. The molecule has 2 N–H and O–H groups in total. The molecule has 7 heteroatoms. The molecule has 0 bridgehead atoms. The Kier molecular flexibility index (Phi) is 4.02. The normalized spacial score (nSPS) is 10.6. The summed E-state index contributed by atoms with van der Waals surface area (Å²) in [6.45, 7) is 1.85. The molecule has 0 aliphatic carbocycles. The van der Waals surface area contributed by atoms with Crippen LogP contribution in [0.15, 0.2) is 35.7 Å². The van der Waals surface area contributed by atoms with Crippen LogP contribution in [0.4, 0.5) is 5.69 Å². The maximum absolute atomic E-state index is 12.1. The van der Waals surface area contributed by atoms with Crippen molar-refractivity contribution in [3.05, 3.63) is 50.0 Å². The average molecular weight is 410 g/mol. The van der Waals surface area contributed by atoms with Crippen molar-refractivity contribution >= 4 is 45.5 Å². The number of carbonyl (C=O) groups excluding carboxylic acids is 1. The SMILES string of the molecule is Cc1nc(-c2cccc(NC(=O)c3csc(I)c3)c2)n[nH]1. The van der Waals surface area contributed by atoms with E-state index < -0.39 is 0 Å². The number of anilines is 1. The molecular weight excluding hydrogens is 399 g/mol. The van der Waals surface area contributed by atoms with Crippen LogP contribution in [-0.4, -0.2) is 21.1 Å². The van der Waals surface area contributed by atoms with Gasteiger partial charge in [0.2, 0.25) is 0 Å². The summed E-state index contributed by atoms with van der Waals surface area (Å²) in [6.07, 6.45) is 0. The minimum absolute atomic E-state index is 0.113. The largest absolute Gasteiger partial charge is 0.322 e. The van der Waals surface area contributed by atoms with Crippen LogP contribution >= 0.6 is 33.9 Å². The molecule has 0 aliphatic heterocycles. The number of aromatic nitrogens is 3. The van der Waals surface area contributed by atoms with Crippen LogP contribution < -0.4 is 5.32 Å². The molecule has 1 amide bonds. The van der Waals surface area contributed by atoms with Crippen molar-refractivity contribution < 1.29 is 4.79 Å². The summed E-state index contributed by atoms with van der Waals surface area (Å²) in [5.74, 6) is 1.26. The minimum atomic E-state index is -0.113. The van der Waals surface area contributed by atoms with E-state index >= 15 is 0 Å². The molecule has 0 unspecified atom stereocenters.